The maximum absolute atomic E-state index is 3.83. The summed E-state index contributed by atoms with van der Waals surface area (Å²) in [6.07, 6.45) is 1.89. The van der Waals surface area contributed by atoms with Gasteiger partial charge in [0.1, 0.15) is 0 Å². The Labute approximate surface area is 131 Å². The van der Waals surface area contributed by atoms with E-state index < -0.39 is 14.7 Å². The average molecular weight is 332 g/mol. The van der Waals surface area contributed by atoms with Crippen molar-refractivity contribution in [2.24, 2.45) is 0 Å². The standard InChI is InChI=1S/C20H17As/c1-2-17-13-15-20(16-14-17)21(18-9-5-3-6-10-18)19-11-7-4-8-12-19/h2-16H,1H2. The Hall–Kier alpha value is -2.04. The Morgan fingerprint density at radius 3 is 1.43 bits per heavy atom. The van der Waals surface area contributed by atoms with Crippen LogP contribution in [0.4, 0.5) is 0 Å². The zero-order valence-electron chi connectivity index (χ0n) is 11.8. The molecule has 0 saturated heterocycles. The Balaban J connectivity index is 2.09. The third-order valence-electron chi connectivity index (χ3n) is 3.42. The zero-order chi connectivity index (χ0) is 14.5. The fourth-order valence-corrected chi connectivity index (χ4v) is 7.15. The molecule has 0 amide bonds. The van der Waals surface area contributed by atoms with Crippen LogP contribution in [0.3, 0.4) is 0 Å². The fraction of sp³-hybridized carbons (Fsp3) is 0. The summed E-state index contributed by atoms with van der Waals surface area (Å²) >= 11 is -1.46. The molecule has 1 heteroatoms. The molecule has 0 aliphatic rings. The molecule has 0 aliphatic carbocycles. The van der Waals surface area contributed by atoms with Gasteiger partial charge in [-0.15, -0.1) is 0 Å². The molecular formula is C20H17As. The SMILES string of the molecule is C=Cc1ccc([As](c2ccccc2)c2ccccc2)cc1. The molecule has 0 atom stereocenters. The summed E-state index contributed by atoms with van der Waals surface area (Å²) in [5.74, 6) is 0. The normalized spacial score (nSPS) is 10.5. The van der Waals surface area contributed by atoms with Gasteiger partial charge in [-0.3, -0.25) is 0 Å². The maximum atomic E-state index is 3.83. The number of rotatable bonds is 4. The summed E-state index contributed by atoms with van der Waals surface area (Å²) in [5.41, 5.74) is 1.17. The van der Waals surface area contributed by atoms with Gasteiger partial charge in [-0.2, -0.15) is 0 Å². The molecule has 3 aromatic carbocycles. The predicted molar refractivity (Wildman–Crippen MR) is 94.1 cm³/mol. The molecule has 0 aliphatic heterocycles. The number of hydrogen-bond acceptors (Lipinski definition) is 0. The zero-order valence-corrected chi connectivity index (χ0v) is 13.7. The van der Waals surface area contributed by atoms with Crippen LogP contribution in [0.5, 0.6) is 0 Å². The van der Waals surface area contributed by atoms with Crippen molar-refractivity contribution < 1.29 is 0 Å². The number of hydrogen-bond donors (Lipinski definition) is 0. The molecule has 0 radical (unpaired) electrons. The number of benzene rings is 3. The van der Waals surface area contributed by atoms with Crippen LogP contribution >= 0.6 is 0 Å². The third kappa shape index (κ3) is 3.17. The second kappa shape index (κ2) is 6.61. The molecule has 0 unspecified atom stereocenters. The van der Waals surface area contributed by atoms with Gasteiger partial charge >= 0.3 is 131 Å². The molecule has 0 nitrogen and oxygen atoms in total. The Morgan fingerprint density at radius 1 is 0.571 bits per heavy atom. The minimum atomic E-state index is -1.46. The van der Waals surface area contributed by atoms with E-state index in [9.17, 15) is 0 Å². The van der Waals surface area contributed by atoms with Gasteiger partial charge in [0.15, 0.2) is 0 Å². The second-order valence-corrected chi connectivity index (χ2v) is 9.46. The van der Waals surface area contributed by atoms with Crippen molar-refractivity contribution in [2.45, 2.75) is 0 Å². The molecule has 0 N–H and O–H groups in total. The van der Waals surface area contributed by atoms with Crippen molar-refractivity contribution in [1.82, 2.24) is 0 Å². The van der Waals surface area contributed by atoms with Gasteiger partial charge in [0.05, 0.1) is 0 Å². The molecule has 0 saturated carbocycles. The van der Waals surface area contributed by atoms with Gasteiger partial charge < -0.3 is 0 Å². The molecule has 3 aromatic rings. The molecule has 3 rings (SSSR count). The van der Waals surface area contributed by atoms with Gasteiger partial charge in [-0.1, -0.05) is 0 Å². The van der Waals surface area contributed by atoms with Crippen molar-refractivity contribution in [2.75, 3.05) is 0 Å². The van der Waals surface area contributed by atoms with Crippen molar-refractivity contribution in [3.05, 3.63) is 97.1 Å². The molecule has 0 heterocycles. The van der Waals surface area contributed by atoms with E-state index in [0.717, 1.165) is 0 Å². The van der Waals surface area contributed by atoms with Crippen LogP contribution in [0, 0.1) is 0 Å². The quantitative estimate of drug-likeness (QED) is 0.645. The van der Waals surface area contributed by atoms with E-state index in [1.807, 2.05) is 6.08 Å². The Bertz CT molecular complexity index is 660. The van der Waals surface area contributed by atoms with E-state index in [1.165, 1.54) is 18.6 Å². The average Bonchev–Trinajstić information content (AvgIpc) is 2.58. The summed E-state index contributed by atoms with van der Waals surface area (Å²) in [5, 5.41) is 0. The summed E-state index contributed by atoms with van der Waals surface area (Å²) in [6.45, 7) is 3.83. The van der Waals surface area contributed by atoms with Crippen molar-refractivity contribution in [3.8, 4) is 0 Å². The third-order valence-corrected chi connectivity index (χ3v) is 8.54. The van der Waals surface area contributed by atoms with E-state index >= 15 is 0 Å². The summed E-state index contributed by atoms with van der Waals surface area (Å²) < 4.78 is 4.37. The van der Waals surface area contributed by atoms with Gasteiger partial charge in [-0.05, 0) is 0 Å². The molecular weight excluding hydrogens is 315 g/mol. The van der Waals surface area contributed by atoms with E-state index in [1.54, 1.807) is 0 Å². The van der Waals surface area contributed by atoms with Crippen LogP contribution in [-0.4, -0.2) is 14.7 Å². The molecule has 0 aromatic heterocycles. The van der Waals surface area contributed by atoms with E-state index in [-0.39, 0.29) is 0 Å². The van der Waals surface area contributed by atoms with Gasteiger partial charge in [0, 0.05) is 0 Å². The van der Waals surface area contributed by atoms with Gasteiger partial charge in [0.2, 0.25) is 0 Å². The first-order valence-electron chi connectivity index (χ1n) is 7.01. The molecule has 102 valence electrons. The van der Waals surface area contributed by atoms with Crippen LogP contribution in [0.2, 0.25) is 0 Å². The molecule has 0 fully saturated rings. The van der Waals surface area contributed by atoms with E-state index in [4.69, 9.17) is 0 Å². The summed E-state index contributed by atoms with van der Waals surface area (Å²) in [4.78, 5) is 0. The Kier molecular flexibility index (Phi) is 4.38. The van der Waals surface area contributed by atoms with Crippen molar-refractivity contribution in [1.29, 1.82) is 0 Å². The Morgan fingerprint density at radius 2 is 1.00 bits per heavy atom. The second-order valence-electron chi connectivity index (χ2n) is 4.80. The van der Waals surface area contributed by atoms with Crippen molar-refractivity contribution >= 4 is 33.8 Å². The van der Waals surface area contributed by atoms with Crippen LogP contribution in [0.25, 0.3) is 6.08 Å². The van der Waals surface area contributed by atoms with Crippen LogP contribution in [-0.2, 0) is 0 Å². The molecule has 0 spiro atoms. The monoisotopic (exact) mass is 332 g/mol. The van der Waals surface area contributed by atoms with Crippen LogP contribution in [0.15, 0.2) is 91.5 Å². The van der Waals surface area contributed by atoms with Gasteiger partial charge in [-0.25, -0.2) is 0 Å². The van der Waals surface area contributed by atoms with Crippen LogP contribution in [0.1, 0.15) is 5.56 Å². The first-order chi connectivity index (χ1) is 10.4. The minimum absolute atomic E-state index is 1.17. The summed E-state index contributed by atoms with van der Waals surface area (Å²) in [6, 6.07) is 30.6. The fourth-order valence-electron chi connectivity index (χ4n) is 2.36. The molecule has 21 heavy (non-hydrogen) atoms. The first-order valence-corrected chi connectivity index (χ1v) is 9.83. The first kappa shape index (κ1) is 13.9. The predicted octanol–water partition coefficient (Wildman–Crippen LogP) is 2.85. The molecule has 0 bridgehead atoms. The topological polar surface area (TPSA) is 0 Å². The summed E-state index contributed by atoms with van der Waals surface area (Å²) in [7, 11) is 0. The van der Waals surface area contributed by atoms with Crippen LogP contribution < -0.4 is 13.1 Å². The van der Waals surface area contributed by atoms with Gasteiger partial charge in [0.25, 0.3) is 0 Å². The van der Waals surface area contributed by atoms with E-state index in [2.05, 4.69) is 91.5 Å². The van der Waals surface area contributed by atoms with Crippen molar-refractivity contribution in [3.63, 3.8) is 0 Å². The van der Waals surface area contributed by atoms with E-state index in [0.29, 0.717) is 0 Å².